The largest absolute Gasteiger partial charge is 0.354 e. The van der Waals surface area contributed by atoms with E-state index in [9.17, 15) is 4.79 Å². The number of unbranched alkanes of at least 4 members (excludes halogenated alkanes) is 1. The second-order valence-corrected chi connectivity index (χ2v) is 5.41. The Labute approximate surface area is 140 Å². The van der Waals surface area contributed by atoms with E-state index in [2.05, 4.69) is 32.5 Å². The monoisotopic (exact) mass is 321 g/mol. The third kappa shape index (κ3) is 3.65. The minimum Gasteiger partial charge on any atom is -0.354 e. The standard InChI is InChI=1S/C18H19N5O/c1-2-3-9-20-18-21-11-14(12-22-18)17(24)23-15-8-4-6-13-7-5-10-19-16(13)15/h4-8,10-12H,2-3,9H2,1H3,(H,23,24)(H,20,21,22). The van der Waals surface area contributed by atoms with Crippen LogP contribution in [0.1, 0.15) is 30.1 Å². The third-order valence-corrected chi connectivity index (χ3v) is 3.61. The average molecular weight is 321 g/mol. The summed E-state index contributed by atoms with van der Waals surface area (Å²) in [5.74, 6) is 0.278. The van der Waals surface area contributed by atoms with Crippen molar-refractivity contribution in [3.63, 3.8) is 0 Å². The lowest BCUT2D eigenvalue weighted by Gasteiger charge is -2.08. The van der Waals surface area contributed by atoms with Gasteiger partial charge in [0.05, 0.1) is 16.8 Å². The first-order chi connectivity index (χ1) is 11.8. The highest BCUT2D eigenvalue weighted by atomic mass is 16.1. The minimum absolute atomic E-state index is 0.256. The quantitative estimate of drug-likeness (QED) is 0.679. The molecule has 0 unspecified atom stereocenters. The zero-order chi connectivity index (χ0) is 16.8. The van der Waals surface area contributed by atoms with Gasteiger partial charge in [0.2, 0.25) is 5.95 Å². The minimum atomic E-state index is -0.256. The van der Waals surface area contributed by atoms with Gasteiger partial charge < -0.3 is 10.6 Å². The molecule has 0 radical (unpaired) electrons. The van der Waals surface area contributed by atoms with E-state index in [0.29, 0.717) is 17.2 Å². The number of nitrogens with one attached hydrogen (secondary N) is 2. The molecule has 6 nitrogen and oxygen atoms in total. The number of carbonyl (C=O) groups excluding carboxylic acids is 1. The molecule has 0 aliphatic rings. The molecule has 0 saturated carbocycles. The molecule has 0 fully saturated rings. The average Bonchev–Trinajstić information content (AvgIpc) is 2.63. The predicted octanol–water partition coefficient (Wildman–Crippen LogP) is 3.49. The summed E-state index contributed by atoms with van der Waals surface area (Å²) in [7, 11) is 0. The van der Waals surface area contributed by atoms with Gasteiger partial charge in [0.25, 0.3) is 5.91 Å². The van der Waals surface area contributed by atoms with Crippen LogP contribution in [0.2, 0.25) is 0 Å². The maximum atomic E-state index is 12.4. The maximum absolute atomic E-state index is 12.4. The van der Waals surface area contributed by atoms with Crippen molar-refractivity contribution in [2.24, 2.45) is 0 Å². The third-order valence-electron chi connectivity index (χ3n) is 3.61. The number of rotatable bonds is 6. The van der Waals surface area contributed by atoms with Gasteiger partial charge in [0, 0.05) is 30.5 Å². The van der Waals surface area contributed by atoms with E-state index >= 15 is 0 Å². The second-order valence-electron chi connectivity index (χ2n) is 5.41. The maximum Gasteiger partial charge on any atom is 0.258 e. The highest BCUT2D eigenvalue weighted by Crippen LogP contribution is 2.21. The zero-order valence-electron chi connectivity index (χ0n) is 13.5. The van der Waals surface area contributed by atoms with E-state index in [4.69, 9.17) is 0 Å². The molecular formula is C18H19N5O. The summed E-state index contributed by atoms with van der Waals surface area (Å²) in [6.45, 7) is 2.95. The molecule has 2 N–H and O–H groups in total. The number of pyridine rings is 1. The molecule has 1 aromatic carbocycles. The number of para-hydroxylation sites is 1. The molecule has 0 atom stereocenters. The van der Waals surface area contributed by atoms with Crippen molar-refractivity contribution in [3.05, 3.63) is 54.5 Å². The summed E-state index contributed by atoms with van der Waals surface area (Å²) >= 11 is 0. The van der Waals surface area contributed by atoms with Crippen LogP contribution in [0.5, 0.6) is 0 Å². The van der Waals surface area contributed by atoms with E-state index in [0.717, 1.165) is 30.3 Å². The number of aromatic nitrogens is 3. The first-order valence-electron chi connectivity index (χ1n) is 7.99. The lowest BCUT2D eigenvalue weighted by Crippen LogP contribution is -2.14. The van der Waals surface area contributed by atoms with Crippen LogP contribution < -0.4 is 10.6 Å². The Hall–Kier alpha value is -3.02. The molecular weight excluding hydrogens is 302 g/mol. The van der Waals surface area contributed by atoms with Crippen LogP contribution in [0, 0.1) is 0 Å². The fraction of sp³-hybridized carbons (Fsp3) is 0.222. The predicted molar refractivity (Wildman–Crippen MR) is 95.1 cm³/mol. The molecule has 0 aliphatic carbocycles. The van der Waals surface area contributed by atoms with Crippen LogP contribution in [0.25, 0.3) is 10.9 Å². The van der Waals surface area contributed by atoms with Crippen molar-refractivity contribution < 1.29 is 4.79 Å². The van der Waals surface area contributed by atoms with E-state index < -0.39 is 0 Å². The lowest BCUT2D eigenvalue weighted by atomic mass is 10.2. The number of anilines is 2. The Kier molecular flexibility index (Phi) is 4.96. The summed E-state index contributed by atoms with van der Waals surface area (Å²) in [5, 5.41) is 6.97. The van der Waals surface area contributed by atoms with Gasteiger partial charge in [-0.15, -0.1) is 0 Å². The summed E-state index contributed by atoms with van der Waals surface area (Å²) in [4.78, 5) is 25.1. The van der Waals surface area contributed by atoms with Crippen LogP contribution in [-0.4, -0.2) is 27.4 Å². The van der Waals surface area contributed by atoms with Crippen molar-refractivity contribution >= 4 is 28.4 Å². The van der Waals surface area contributed by atoms with Crippen LogP contribution in [0.3, 0.4) is 0 Å². The van der Waals surface area contributed by atoms with Gasteiger partial charge >= 0.3 is 0 Å². The highest BCUT2D eigenvalue weighted by Gasteiger charge is 2.10. The van der Waals surface area contributed by atoms with Crippen LogP contribution >= 0.6 is 0 Å². The second kappa shape index (κ2) is 7.50. The first-order valence-corrected chi connectivity index (χ1v) is 7.99. The van der Waals surface area contributed by atoms with E-state index in [1.54, 1.807) is 6.20 Å². The smallest absolute Gasteiger partial charge is 0.258 e. The number of nitrogens with zero attached hydrogens (tertiary/aromatic N) is 3. The van der Waals surface area contributed by atoms with Gasteiger partial charge in [-0.25, -0.2) is 9.97 Å². The Balaban J connectivity index is 1.72. The molecule has 6 heteroatoms. The lowest BCUT2D eigenvalue weighted by molar-refractivity contribution is 0.102. The molecule has 3 aromatic rings. The van der Waals surface area contributed by atoms with Crippen LogP contribution in [0.4, 0.5) is 11.6 Å². The molecule has 0 aliphatic heterocycles. The number of fused-ring (bicyclic) bond motifs is 1. The summed E-state index contributed by atoms with van der Waals surface area (Å²) in [6, 6.07) is 9.49. The summed E-state index contributed by atoms with van der Waals surface area (Å²) in [5.41, 5.74) is 1.83. The molecule has 122 valence electrons. The summed E-state index contributed by atoms with van der Waals surface area (Å²) in [6.07, 6.45) is 6.91. The van der Waals surface area contributed by atoms with Gasteiger partial charge in [-0.1, -0.05) is 31.5 Å². The van der Waals surface area contributed by atoms with Crippen LogP contribution in [-0.2, 0) is 0 Å². The topological polar surface area (TPSA) is 79.8 Å². The molecule has 0 saturated heterocycles. The number of carbonyl (C=O) groups is 1. The van der Waals surface area contributed by atoms with Gasteiger partial charge in [0.1, 0.15) is 0 Å². The fourth-order valence-corrected chi connectivity index (χ4v) is 2.31. The number of benzene rings is 1. The number of hydrogen-bond donors (Lipinski definition) is 2. The van der Waals surface area contributed by atoms with Crippen molar-refractivity contribution in [2.75, 3.05) is 17.2 Å². The number of hydrogen-bond acceptors (Lipinski definition) is 5. The molecule has 2 aromatic heterocycles. The van der Waals surface area contributed by atoms with Gasteiger partial charge in [-0.2, -0.15) is 0 Å². The van der Waals surface area contributed by atoms with Crippen molar-refractivity contribution in [2.45, 2.75) is 19.8 Å². The molecule has 24 heavy (non-hydrogen) atoms. The van der Waals surface area contributed by atoms with Crippen molar-refractivity contribution in [1.82, 2.24) is 15.0 Å². The van der Waals surface area contributed by atoms with Crippen LogP contribution in [0.15, 0.2) is 48.9 Å². The Morgan fingerprint density at radius 2 is 1.88 bits per heavy atom. The highest BCUT2D eigenvalue weighted by molar-refractivity contribution is 6.08. The van der Waals surface area contributed by atoms with E-state index in [1.165, 1.54) is 12.4 Å². The molecule has 0 bridgehead atoms. The summed E-state index contributed by atoms with van der Waals surface area (Å²) < 4.78 is 0. The van der Waals surface area contributed by atoms with Gasteiger partial charge in [0.15, 0.2) is 0 Å². The Bertz CT molecular complexity index is 827. The molecule has 3 rings (SSSR count). The normalized spacial score (nSPS) is 10.5. The van der Waals surface area contributed by atoms with E-state index in [-0.39, 0.29) is 5.91 Å². The first kappa shape index (κ1) is 15.9. The van der Waals surface area contributed by atoms with Crippen molar-refractivity contribution in [3.8, 4) is 0 Å². The molecule has 1 amide bonds. The molecule has 2 heterocycles. The van der Waals surface area contributed by atoms with Gasteiger partial charge in [-0.05, 0) is 18.6 Å². The van der Waals surface area contributed by atoms with E-state index in [1.807, 2.05) is 30.3 Å². The van der Waals surface area contributed by atoms with Gasteiger partial charge in [-0.3, -0.25) is 9.78 Å². The Morgan fingerprint density at radius 1 is 1.08 bits per heavy atom. The fourth-order valence-electron chi connectivity index (χ4n) is 2.31. The zero-order valence-corrected chi connectivity index (χ0v) is 13.5. The molecule has 0 spiro atoms. The SMILES string of the molecule is CCCCNc1ncc(C(=O)Nc2cccc3cccnc23)cn1. The number of amides is 1. The Morgan fingerprint density at radius 3 is 2.67 bits per heavy atom. The van der Waals surface area contributed by atoms with Crippen molar-refractivity contribution in [1.29, 1.82) is 0 Å².